The molecule has 0 bridgehead atoms. The van der Waals surface area contributed by atoms with Gasteiger partial charge in [-0.2, -0.15) is 0 Å². The lowest BCUT2D eigenvalue weighted by atomic mass is 10.0. The molecule has 23 heavy (non-hydrogen) atoms. The molecule has 1 amide bonds. The summed E-state index contributed by atoms with van der Waals surface area (Å²) in [5, 5.41) is 6.33. The van der Waals surface area contributed by atoms with Crippen molar-refractivity contribution in [1.82, 2.24) is 15.1 Å². The molecule has 0 radical (unpaired) electrons. The van der Waals surface area contributed by atoms with Crippen molar-refractivity contribution in [2.45, 2.75) is 19.1 Å². The highest BCUT2D eigenvalue weighted by molar-refractivity contribution is 5.97. The van der Waals surface area contributed by atoms with Crippen LogP contribution in [0.3, 0.4) is 0 Å². The van der Waals surface area contributed by atoms with Crippen molar-refractivity contribution in [3.05, 3.63) is 23.8 Å². The van der Waals surface area contributed by atoms with Gasteiger partial charge in [0.1, 0.15) is 5.75 Å². The average Bonchev–Trinajstić information content (AvgIpc) is 2.54. The monoisotopic (exact) mass is 318 g/mol. The Labute approximate surface area is 137 Å². The first-order chi connectivity index (χ1) is 11.0. The molecular formula is C17H26N4O2. The van der Waals surface area contributed by atoms with Gasteiger partial charge < -0.3 is 20.3 Å². The summed E-state index contributed by atoms with van der Waals surface area (Å²) in [6.07, 6.45) is -0.432. The van der Waals surface area contributed by atoms with E-state index in [1.807, 2.05) is 12.1 Å². The Bertz CT molecular complexity index is 570. The van der Waals surface area contributed by atoms with Crippen LogP contribution in [0, 0.1) is 0 Å². The average molecular weight is 318 g/mol. The Morgan fingerprint density at radius 2 is 2.09 bits per heavy atom. The van der Waals surface area contributed by atoms with Gasteiger partial charge in [-0.3, -0.25) is 9.69 Å². The third-order valence-electron chi connectivity index (χ3n) is 4.58. The van der Waals surface area contributed by atoms with Crippen molar-refractivity contribution < 1.29 is 9.53 Å². The van der Waals surface area contributed by atoms with Gasteiger partial charge in [-0.05, 0) is 38.7 Å². The lowest BCUT2D eigenvalue weighted by Crippen LogP contribution is -2.46. The Morgan fingerprint density at radius 1 is 1.35 bits per heavy atom. The maximum Gasteiger partial charge on any atom is 0.265 e. The standard InChI is InChI=1S/C17H26N4O2/c1-12-17(22)19-14-10-13(4-5-16(14)23-12)15(20(2)3)11-21-8-6-18-7-9-21/h4-5,10,12,15,18H,6-9,11H2,1-3H3,(H,19,22). The molecule has 1 aromatic rings. The minimum absolute atomic E-state index is 0.0850. The summed E-state index contributed by atoms with van der Waals surface area (Å²) < 4.78 is 5.64. The predicted octanol–water partition coefficient (Wildman–Crippen LogP) is 0.914. The number of carbonyl (C=O) groups excluding carboxylic acids is 1. The third-order valence-corrected chi connectivity index (χ3v) is 4.58. The minimum Gasteiger partial charge on any atom is -0.479 e. The number of likely N-dealkylation sites (N-methyl/N-ethyl adjacent to an activating group) is 1. The first kappa shape index (κ1) is 16.2. The van der Waals surface area contributed by atoms with E-state index in [4.69, 9.17) is 4.74 Å². The lowest BCUT2D eigenvalue weighted by molar-refractivity contribution is -0.122. The molecule has 6 nitrogen and oxygen atoms in total. The zero-order valence-corrected chi connectivity index (χ0v) is 14.1. The van der Waals surface area contributed by atoms with Crippen LogP contribution in [0.4, 0.5) is 5.69 Å². The summed E-state index contributed by atoms with van der Waals surface area (Å²) in [4.78, 5) is 16.5. The van der Waals surface area contributed by atoms with Crippen LogP contribution in [0.25, 0.3) is 0 Å². The summed E-state index contributed by atoms with van der Waals surface area (Å²) in [6, 6.07) is 6.41. The van der Waals surface area contributed by atoms with E-state index in [1.165, 1.54) is 5.56 Å². The van der Waals surface area contributed by atoms with Crippen LogP contribution in [0.1, 0.15) is 18.5 Å². The molecule has 2 unspecified atom stereocenters. The van der Waals surface area contributed by atoms with Gasteiger partial charge in [0.05, 0.1) is 5.69 Å². The van der Waals surface area contributed by atoms with E-state index in [2.05, 4.69) is 40.6 Å². The number of benzene rings is 1. The van der Waals surface area contributed by atoms with Crippen LogP contribution in [0.5, 0.6) is 5.75 Å². The molecule has 2 atom stereocenters. The zero-order chi connectivity index (χ0) is 16.4. The molecule has 0 aromatic heterocycles. The summed E-state index contributed by atoms with van der Waals surface area (Å²) in [5.41, 5.74) is 1.98. The van der Waals surface area contributed by atoms with Crippen molar-refractivity contribution in [1.29, 1.82) is 0 Å². The molecule has 1 fully saturated rings. The maximum atomic E-state index is 11.8. The molecule has 2 aliphatic heterocycles. The van der Waals surface area contributed by atoms with Gasteiger partial charge in [0.2, 0.25) is 0 Å². The molecule has 0 spiro atoms. The summed E-state index contributed by atoms with van der Waals surface area (Å²) in [5.74, 6) is 0.665. The van der Waals surface area contributed by atoms with Crippen LogP contribution >= 0.6 is 0 Å². The van der Waals surface area contributed by atoms with Crippen LogP contribution in [0.15, 0.2) is 18.2 Å². The fourth-order valence-corrected chi connectivity index (χ4v) is 3.14. The van der Waals surface area contributed by atoms with Gasteiger partial charge >= 0.3 is 0 Å². The topological polar surface area (TPSA) is 56.8 Å². The van der Waals surface area contributed by atoms with Gasteiger partial charge in [-0.1, -0.05) is 6.07 Å². The number of fused-ring (bicyclic) bond motifs is 1. The summed E-state index contributed by atoms with van der Waals surface area (Å²) in [6.45, 7) is 7.00. The van der Waals surface area contributed by atoms with E-state index in [1.54, 1.807) is 6.92 Å². The molecule has 2 aliphatic rings. The molecule has 126 valence electrons. The zero-order valence-electron chi connectivity index (χ0n) is 14.1. The Kier molecular flexibility index (Phi) is 4.84. The SMILES string of the molecule is CC1Oc2ccc(C(CN3CCNCC3)N(C)C)cc2NC1=O. The first-order valence-corrected chi connectivity index (χ1v) is 8.25. The van der Waals surface area contributed by atoms with E-state index in [0.717, 1.165) is 44.2 Å². The number of ether oxygens (including phenoxy) is 1. The van der Waals surface area contributed by atoms with Gasteiger partial charge in [0, 0.05) is 38.8 Å². The van der Waals surface area contributed by atoms with Gasteiger partial charge in [0.15, 0.2) is 6.10 Å². The number of amides is 1. The van der Waals surface area contributed by atoms with Crippen LogP contribution in [-0.4, -0.2) is 68.6 Å². The highest BCUT2D eigenvalue weighted by Crippen LogP contribution is 2.33. The number of hydrogen-bond donors (Lipinski definition) is 2. The van der Waals surface area contributed by atoms with Crippen molar-refractivity contribution in [3.63, 3.8) is 0 Å². The smallest absolute Gasteiger partial charge is 0.265 e. The van der Waals surface area contributed by atoms with E-state index in [9.17, 15) is 4.79 Å². The van der Waals surface area contributed by atoms with Gasteiger partial charge in [-0.25, -0.2) is 0 Å². The lowest BCUT2D eigenvalue weighted by Gasteiger charge is -2.34. The van der Waals surface area contributed by atoms with E-state index in [0.29, 0.717) is 0 Å². The van der Waals surface area contributed by atoms with Crippen LogP contribution < -0.4 is 15.4 Å². The van der Waals surface area contributed by atoms with Crippen molar-refractivity contribution in [2.75, 3.05) is 52.1 Å². The molecule has 3 rings (SSSR count). The predicted molar refractivity (Wildman–Crippen MR) is 90.9 cm³/mol. The third kappa shape index (κ3) is 3.65. The number of nitrogens with one attached hydrogen (secondary N) is 2. The summed E-state index contributed by atoms with van der Waals surface area (Å²) in [7, 11) is 4.20. The van der Waals surface area contributed by atoms with E-state index >= 15 is 0 Å². The fourth-order valence-electron chi connectivity index (χ4n) is 3.14. The Hall–Kier alpha value is -1.63. The van der Waals surface area contributed by atoms with Gasteiger partial charge in [0.25, 0.3) is 5.91 Å². The second-order valence-corrected chi connectivity index (χ2v) is 6.53. The molecule has 2 heterocycles. The number of hydrogen-bond acceptors (Lipinski definition) is 5. The Morgan fingerprint density at radius 3 is 2.78 bits per heavy atom. The molecule has 1 aromatic carbocycles. The molecular weight excluding hydrogens is 292 g/mol. The van der Waals surface area contributed by atoms with Gasteiger partial charge in [-0.15, -0.1) is 0 Å². The molecule has 2 N–H and O–H groups in total. The molecule has 0 aliphatic carbocycles. The largest absolute Gasteiger partial charge is 0.479 e. The fraction of sp³-hybridized carbons (Fsp3) is 0.588. The number of piperazine rings is 1. The second kappa shape index (κ2) is 6.86. The van der Waals surface area contributed by atoms with Crippen LogP contribution in [-0.2, 0) is 4.79 Å². The maximum absolute atomic E-state index is 11.8. The van der Waals surface area contributed by atoms with Crippen molar-refractivity contribution in [2.24, 2.45) is 0 Å². The quantitative estimate of drug-likeness (QED) is 0.864. The van der Waals surface area contributed by atoms with E-state index < -0.39 is 6.10 Å². The normalized spacial score (nSPS) is 23.1. The number of nitrogens with zero attached hydrogens (tertiary/aromatic N) is 2. The van der Waals surface area contributed by atoms with Crippen molar-refractivity contribution >= 4 is 11.6 Å². The number of rotatable bonds is 4. The first-order valence-electron chi connectivity index (χ1n) is 8.25. The minimum atomic E-state index is -0.432. The van der Waals surface area contributed by atoms with E-state index in [-0.39, 0.29) is 11.9 Å². The highest BCUT2D eigenvalue weighted by atomic mass is 16.5. The number of anilines is 1. The molecule has 1 saturated heterocycles. The second-order valence-electron chi connectivity index (χ2n) is 6.53. The van der Waals surface area contributed by atoms with Crippen LogP contribution in [0.2, 0.25) is 0 Å². The molecule has 0 saturated carbocycles. The molecule has 6 heteroatoms. The highest BCUT2D eigenvalue weighted by Gasteiger charge is 2.26. The Balaban J connectivity index is 1.79. The summed E-state index contributed by atoms with van der Waals surface area (Å²) >= 11 is 0. The van der Waals surface area contributed by atoms with Crippen molar-refractivity contribution in [3.8, 4) is 5.75 Å². The number of carbonyl (C=O) groups is 1.